The summed E-state index contributed by atoms with van der Waals surface area (Å²) >= 11 is 0. The molecule has 0 saturated carbocycles. The molecule has 3 aromatic rings. The van der Waals surface area contributed by atoms with E-state index < -0.39 is 5.82 Å². The molecule has 0 amide bonds. The van der Waals surface area contributed by atoms with Crippen molar-refractivity contribution in [1.82, 2.24) is 19.9 Å². The Morgan fingerprint density at radius 3 is 2.55 bits per heavy atom. The summed E-state index contributed by atoms with van der Waals surface area (Å²) < 4.78 is 18.9. The van der Waals surface area contributed by atoms with Gasteiger partial charge in [-0.2, -0.15) is 15.0 Å². The zero-order chi connectivity index (χ0) is 14.1. The number of anilines is 2. The molecule has 0 aliphatic carbocycles. The first-order chi connectivity index (χ1) is 9.61. The van der Waals surface area contributed by atoms with Gasteiger partial charge in [-0.15, -0.1) is 0 Å². The Labute approximate surface area is 112 Å². The molecule has 100 valence electrons. The lowest BCUT2D eigenvalue weighted by Crippen LogP contribution is -2.04. The molecule has 0 aliphatic rings. The number of benzene rings is 1. The second-order valence-electron chi connectivity index (χ2n) is 3.92. The fourth-order valence-electron chi connectivity index (χ4n) is 1.70. The fraction of sp³-hybridized carbons (Fsp3) is 0. The van der Waals surface area contributed by atoms with Crippen LogP contribution in [-0.2, 0) is 0 Å². The Hall–Kier alpha value is -3.03. The molecule has 1 aromatic carbocycles. The van der Waals surface area contributed by atoms with E-state index in [0.717, 1.165) is 0 Å². The average molecular weight is 272 g/mol. The van der Waals surface area contributed by atoms with Crippen molar-refractivity contribution < 1.29 is 9.13 Å². The van der Waals surface area contributed by atoms with Crippen molar-refractivity contribution in [2.75, 3.05) is 11.5 Å². The SMILES string of the molecule is Nc1nc(N)nc(Oc2cnc3c(F)cccc3c2)n1. The quantitative estimate of drug-likeness (QED) is 0.726. The lowest BCUT2D eigenvalue weighted by Gasteiger charge is -2.05. The van der Waals surface area contributed by atoms with Gasteiger partial charge in [0.15, 0.2) is 0 Å². The number of pyridine rings is 1. The van der Waals surface area contributed by atoms with Crippen LogP contribution in [0.4, 0.5) is 16.3 Å². The summed E-state index contributed by atoms with van der Waals surface area (Å²) in [7, 11) is 0. The number of nitrogen functional groups attached to an aromatic ring is 2. The van der Waals surface area contributed by atoms with Crippen molar-refractivity contribution in [2.24, 2.45) is 0 Å². The second-order valence-corrected chi connectivity index (χ2v) is 3.92. The third-order valence-electron chi connectivity index (χ3n) is 2.50. The molecule has 0 aliphatic heterocycles. The van der Waals surface area contributed by atoms with E-state index in [0.29, 0.717) is 11.1 Å². The molecule has 0 spiro atoms. The van der Waals surface area contributed by atoms with Crippen molar-refractivity contribution in [3.8, 4) is 11.8 Å². The standard InChI is InChI=1S/C12H9FN6O/c13-8-3-1-2-6-4-7(5-16-9(6)8)20-12-18-10(14)17-11(15)19-12/h1-5H,(H4,14,15,17,18,19). The van der Waals surface area contributed by atoms with E-state index in [1.165, 1.54) is 12.3 Å². The third kappa shape index (κ3) is 2.26. The Morgan fingerprint density at radius 2 is 1.80 bits per heavy atom. The van der Waals surface area contributed by atoms with Gasteiger partial charge in [-0.1, -0.05) is 12.1 Å². The number of hydrogen-bond donors (Lipinski definition) is 2. The minimum Gasteiger partial charge on any atom is -0.422 e. The first-order valence-electron chi connectivity index (χ1n) is 5.61. The normalized spacial score (nSPS) is 10.7. The highest BCUT2D eigenvalue weighted by atomic mass is 19.1. The largest absolute Gasteiger partial charge is 0.422 e. The molecule has 2 aromatic heterocycles. The van der Waals surface area contributed by atoms with Crippen LogP contribution in [0.25, 0.3) is 10.9 Å². The molecule has 8 heteroatoms. The molecule has 3 rings (SSSR count). The molecule has 7 nitrogen and oxygen atoms in total. The fourth-order valence-corrected chi connectivity index (χ4v) is 1.70. The molecule has 0 fully saturated rings. The van der Waals surface area contributed by atoms with Crippen LogP contribution in [-0.4, -0.2) is 19.9 Å². The maximum absolute atomic E-state index is 13.5. The van der Waals surface area contributed by atoms with Crippen molar-refractivity contribution >= 4 is 22.8 Å². The van der Waals surface area contributed by atoms with E-state index in [4.69, 9.17) is 16.2 Å². The number of para-hydroxylation sites is 1. The number of aromatic nitrogens is 4. The van der Waals surface area contributed by atoms with Crippen molar-refractivity contribution in [3.05, 3.63) is 36.3 Å². The summed E-state index contributed by atoms with van der Waals surface area (Å²) in [4.78, 5) is 15.2. The van der Waals surface area contributed by atoms with Crippen molar-refractivity contribution in [3.63, 3.8) is 0 Å². The lowest BCUT2D eigenvalue weighted by molar-refractivity contribution is 0.440. The van der Waals surface area contributed by atoms with Gasteiger partial charge in [-0.25, -0.2) is 9.37 Å². The van der Waals surface area contributed by atoms with Crippen LogP contribution in [0, 0.1) is 5.82 Å². The van der Waals surface area contributed by atoms with E-state index >= 15 is 0 Å². The summed E-state index contributed by atoms with van der Waals surface area (Å²) in [5.41, 5.74) is 11.1. The molecule has 4 N–H and O–H groups in total. The summed E-state index contributed by atoms with van der Waals surface area (Å²) in [5, 5.41) is 0.595. The minimum absolute atomic E-state index is 0.0486. The van der Waals surface area contributed by atoms with E-state index in [9.17, 15) is 4.39 Å². The Kier molecular flexibility index (Phi) is 2.75. The Morgan fingerprint density at radius 1 is 1.05 bits per heavy atom. The predicted molar refractivity (Wildman–Crippen MR) is 70.4 cm³/mol. The summed E-state index contributed by atoms with van der Waals surface area (Å²) in [5.74, 6) is -0.157. The highest BCUT2D eigenvalue weighted by molar-refractivity contribution is 5.80. The smallest absolute Gasteiger partial charge is 0.328 e. The summed E-state index contributed by atoms with van der Waals surface area (Å²) in [6.07, 6.45) is 1.36. The van der Waals surface area contributed by atoms with Crippen LogP contribution < -0.4 is 16.2 Å². The monoisotopic (exact) mass is 272 g/mol. The molecule has 0 bridgehead atoms. The average Bonchev–Trinajstić information content (AvgIpc) is 2.37. The van der Waals surface area contributed by atoms with Gasteiger partial charge in [0.2, 0.25) is 11.9 Å². The summed E-state index contributed by atoms with van der Waals surface area (Å²) in [6, 6.07) is 6.20. The molecule has 20 heavy (non-hydrogen) atoms. The van der Waals surface area contributed by atoms with E-state index in [-0.39, 0.29) is 23.4 Å². The molecule has 0 unspecified atom stereocenters. The topological polar surface area (TPSA) is 113 Å². The Balaban J connectivity index is 1.98. The van der Waals surface area contributed by atoms with E-state index in [1.54, 1.807) is 18.2 Å². The van der Waals surface area contributed by atoms with Gasteiger partial charge in [-0.05, 0) is 12.1 Å². The molecule has 2 heterocycles. The van der Waals surface area contributed by atoms with Crippen molar-refractivity contribution in [1.29, 1.82) is 0 Å². The molecular weight excluding hydrogens is 263 g/mol. The molecular formula is C12H9FN6O. The number of nitrogens with zero attached hydrogens (tertiary/aromatic N) is 4. The lowest BCUT2D eigenvalue weighted by atomic mass is 10.2. The van der Waals surface area contributed by atoms with E-state index in [2.05, 4.69) is 19.9 Å². The van der Waals surface area contributed by atoms with Crippen LogP contribution in [0.3, 0.4) is 0 Å². The van der Waals surface area contributed by atoms with Gasteiger partial charge < -0.3 is 16.2 Å². The number of nitrogens with two attached hydrogens (primary N) is 2. The highest BCUT2D eigenvalue weighted by Gasteiger charge is 2.07. The van der Waals surface area contributed by atoms with Gasteiger partial charge in [-0.3, -0.25) is 0 Å². The predicted octanol–water partition coefficient (Wildman–Crippen LogP) is 1.52. The zero-order valence-electron chi connectivity index (χ0n) is 10.1. The summed E-state index contributed by atoms with van der Waals surface area (Å²) in [6.45, 7) is 0. The maximum Gasteiger partial charge on any atom is 0.328 e. The van der Waals surface area contributed by atoms with E-state index in [1.807, 2.05) is 0 Å². The number of fused-ring (bicyclic) bond motifs is 1. The van der Waals surface area contributed by atoms with Crippen LogP contribution in [0.1, 0.15) is 0 Å². The van der Waals surface area contributed by atoms with Crippen LogP contribution in [0.2, 0.25) is 0 Å². The number of halogens is 1. The first-order valence-corrected chi connectivity index (χ1v) is 5.61. The zero-order valence-corrected chi connectivity index (χ0v) is 10.1. The Bertz CT molecular complexity index is 774. The van der Waals surface area contributed by atoms with Gasteiger partial charge in [0.1, 0.15) is 17.1 Å². The van der Waals surface area contributed by atoms with Gasteiger partial charge in [0.05, 0.1) is 6.20 Å². The number of ether oxygens (including phenoxy) is 1. The van der Waals surface area contributed by atoms with Crippen LogP contribution in [0.5, 0.6) is 11.8 Å². The molecule has 0 saturated heterocycles. The minimum atomic E-state index is -0.400. The van der Waals surface area contributed by atoms with Gasteiger partial charge >= 0.3 is 6.01 Å². The number of hydrogen-bond acceptors (Lipinski definition) is 7. The van der Waals surface area contributed by atoms with Gasteiger partial charge in [0, 0.05) is 5.39 Å². The number of rotatable bonds is 2. The maximum atomic E-state index is 13.5. The first kappa shape index (κ1) is 12.0. The highest BCUT2D eigenvalue weighted by Crippen LogP contribution is 2.23. The second kappa shape index (κ2) is 4.57. The van der Waals surface area contributed by atoms with Gasteiger partial charge in [0.25, 0.3) is 0 Å². The van der Waals surface area contributed by atoms with Crippen LogP contribution >= 0.6 is 0 Å². The van der Waals surface area contributed by atoms with Crippen molar-refractivity contribution in [2.45, 2.75) is 0 Å². The molecule has 0 atom stereocenters. The third-order valence-corrected chi connectivity index (χ3v) is 2.50. The molecule has 0 radical (unpaired) electrons. The van der Waals surface area contributed by atoms with Crippen LogP contribution in [0.15, 0.2) is 30.5 Å².